The van der Waals surface area contributed by atoms with E-state index >= 15 is 0 Å². The van der Waals surface area contributed by atoms with Crippen molar-refractivity contribution in [2.75, 3.05) is 17.2 Å². The van der Waals surface area contributed by atoms with Gasteiger partial charge in [0.15, 0.2) is 0 Å². The molecule has 21 heavy (non-hydrogen) atoms. The number of carbonyl (C=O) groups is 1. The van der Waals surface area contributed by atoms with Crippen LogP contribution in [0.15, 0.2) is 30.5 Å². The van der Waals surface area contributed by atoms with Gasteiger partial charge in [-0.2, -0.15) is 0 Å². The second-order valence-electron chi connectivity index (χ2n) is 4.95. The molecule has 0 saturated heterocycles. The average molecular weight is 284 g/mol. The zero-order valence-electron chi connectivity index (χ0n) is 12.6. The average Bonchev–Trinajstić information content (AvgIpc) is 2.47. The Labute approximate surface area is 124 Å². The second kappa shape index (κ2) is 6.83. The van der Waals surface area contributed by atoms with Crippen molar-refractivity contribution < 1.29 is 4.79 Å². The van der Waals surface area contributed by atoms with Crippen LogP contribution >= 0.6 is 0 Å². The Morgan fingerprint density at radius 1 is 1.19 bits per heavy atom. The van der Waals surface area contributed by atoms with E-state index in [0.717, 1.165) is 30.2 Å². The van der Waals surface area contributed by atoms with E-state index in [0.29, 0.717) is 11.3 Å². The number of hydrogen-bond acceptors (Lipinski definition) is 4. The quantitative estimate of drug-likeness (QED) is 0.885. The van der Waals surface area contributed by atoms with Crippen LogP contribution in [0.2, 0.25) is 0 Å². The van der Waals surface area contributed by atoms with Crippen LogP contribution < -0.4 is 10.6 Å². The standard InChI is InChI=1S/C16H20N4O/c1-4-7-17-15-9-13(8-12(3)19-15)16(21)20-14-6-5-11(2)18-10-14/h5-6,8-10H,4,7H2,1-3H3,(H,17,19)(H,20,21). The summed E-state index contributed by atoms with van der Waals surface area (Å²) in [5, 5.41) is 6.04. The van der Waals surface area contributed by atoms with Crippen molar-refractivity contribution in [2.24, 2.45) is 0 Å². The molecule has 0 atom stereocenters. The molecule has 2 aromatic rings. The van der Waals surface area contributed by atoms with Crippen LogP contribution in [-0.2, 0) is 0 Å². The van der Waals surface area contributed by atoms with E-state index in [1.165, 1.54) is 0 Å². The third-order valence-electron chi connectivity index (χ3n) is 2.94. The van der Waals surface area contributed by atoms with Gasteiger partial charge < -0.3 is 10.6 Å². The Morgan fingerprint density at radius 2 is 2.00 bits per heavy atom. The van der Waals surface area contributed by atoms with Crippen molar-refractivity contribution in [2.45, 2.75) is 27.2 Å². The lowest BCUT2D eigenvalue weighted by Gasteiger charge is -2.09. The summed E-state index contributed by atoms with van der Waals surface area (Å²) >= 11 is 0. The van der Waals surface area contributed by atoms with Gasteiger partial charge in [0.1, 0.15) is 5.82 Å². The maximum absolute atomic E-state index is 12.3. The first-order valence-corrected chi connectivity index (χ1v) is 7.05. The maximum atomic E-state index is 12.3. The molecule has 0 spiro atoms. The molecule has 0 unspecified atom stereocenters. The molecule has 0 radical (unpaired) electrons. The number of aryl methyl sites for hydroxylation is 2. The van der Waals surface area contributed by atoms with E-state index in [9.17, 15) is 4.79 Å². The lowest BCUT2D eigenvalue weighted by Crippen LogP contribution is -2.14. The van der Waals surface area contributed by atoms with Gasteiger partial charge in [-0.15, -0.1) is 0 Å². The predicted molar refractivity (Wildman–Crippen MR) is 84.7 cm³/mol. The van der Waals surface area contributed by atoms with Crippen LogP contribution in [0.1, 0.15) is 35.1 Å². The van der Waals surface area contributed by atoms with Gasteiger partial charge in [-0.1, -0.05) is 6.92 Å². The Hall–Kier alpha value is -2.43. The van der Waals surface area contributed by atoms with Crippen molar-refractivity contribution in [3.8, 4) is 0 Å². The Bertz CT molecular complexity index is 623. The molecule has 2 aromatic heterocycles. The summed E-state index contributed by atoms with van der Waals surface area (Å²) in [4.78, 5) is 20.8. The van der Waals surface area contributed by atoms with Crippen molar-refractivity contribution in [3.63, 3.8) is 0 Å². The monoisotopic (exact) mass is 284 g/mol. The second-order valence-corrected chi connectivity index (χ2v) is 4.95. The molecule has 0 bridgehead atoms. The number of amides is 1. The SMILES string of the molecule is CCCNc1cc(C(=O)Nc2ccc(C)nc2)cc(C)n1. The number of hydrogen-bond donors (Lipinski definition) is 2. The Balaban J connectivity index is 2.14. The van der Waals surface area contributed by atoms with E-state index in [4.69, 9.17) is 0 Å². The van der Waals surface area contributed by atoms with Gasteiger partial charge in [-0.05, 0) is 44.5 Å². The molecular weight excluding hydrogens is 264 g/mol. The van der Waals surface area contributed by atoms with E-state index in [1.807, 2.05) is 26.0 Å². The topological polar surface area (TPSA) is 66.9 Å². The number of aromatic nitrogens is 2. The fourth-order valence-corrected chi connectivity index (χ4v) is 1.89. The van der Waals surface area contributed by atoms with Gasteiger partial charge in [0.25, 0.3) is 5.91 Å². The highest BCUT2D eigenvalue weighted by atomic mass is 16.1. The molecule has 0 aliphatic heterocycles. The molecule has 2 heterocycles. The van der Waals surface area contributed by atoms with Crippen LogP contribution in [0, 0.1) is 13.8 Å². The summed E-state index contributed by atoms with van der Waals surface area (Å²) in [7, 11) is 0. The number of nitrogens with one attached hydrogen (secondary N) is 2. The predicted octanol–water partition coefficient (Wildman–Crippen LogP) is 3.17. The summed E-state index contributed by atoms with van der Waals surface area (Å²) in [5.41, 5.74) is 2.99. The molecule has 0 saturated carbocycles. The van der Waals surface area contributed by atoms with Crippen LogP contribution in [0.5, 0.6) is 0 Å². The zero-order chi connectivity index (χ0) is 15.2. The smallest absolute Gasteiger partial charge is 0.255 e. The lowest BCUT2D eigenvalue weighted by molar-refractivity contribution is 0.102. The fourth-order valence-electron chi connectivity index (χ4n) is 1.89. The third kappa shape index (κ3) is 4.27. The van der Waals surface area contributed by atoms with Crippen molar-refractivity contribution in [1.29, 1.82) is 0 Å². The van der Waals surface area contributed by atoms with Gasteiger partial charge in [0.2, 0.25) is 0 Å². The molecule has 0 aromatic carbocycles. The van der Waals surface area contributed by atoms with E-state index in [2.05, 4.69) is 27.5 Å². The fraction of sp³-hybridized carbons (Fsp3) is 0.312. The maximum Gasteiger partial charge on any atom is 0.255 e. The van der Waals surface area contributed by atoms with Crippen LogP contribution in [0.4, 0.5) is 11.5 Å². The summed E-state index contributed by atoms with van der Waals surface area (Å²) in [6.45, 7) is 6.70. The van der Waals surface area contributed by atoms with Crippen LogP contribution in [0.3, 0.4) is 0 Å². The van der Waals surface area contributed by atoms with E-state index < -0.39 is 0 Å². The molecule has 0 aliphatic carbocycles. The molecule has 2 rings (SSSR count). The minimum absolute atomic E-state index is 0.161. The molecule has 2 N–H and O–H groups in total. The minimum Gasteiger partial charge on any atom is -0.370 e. The number of pyridine rings is 2. The van der Waals surface area contributed by atoms with Crippen LogP contribution in [0.25, 0.3) is 0 Å². The van der Waals surface area contributed by atoms with Crippen molar-refractivity contribution in [3.05, 3.63) is 47.4 Å². The number of anilines is 2. The van der Waals surface area contributed by atoms with Crippen molar-refractivity contribution >= 4 is 17.4 Å². The number of carbonyl (C=O) groups excluding carboxylic acids is 1. The third-order valence-corrected chi connectivity index (χ3v) is 2.94. The number of nitrogens with zero attached hydrogens (tertiary/aromatic N) is 2. The van der Waals surface area contributed by atoms with Crippen molar-refractivity contribution in [1.82, 2.24) is 9.97 Å². The first-order valence-electron chi connectivity index (χ1n) is 7.05. The molecule has 0 fully saturated rings. The first kappa shape index (κ1) is 15.0. The normalized spacial score (nSPS) is 10.2. The number of rotatable bonds is 5. The summed E-state index contributed by atoms with van der Waals surface area (Å²) in [6.07, 6.45) is 2.66. The highest BCUT2D eigenvalue weighted by Gasteiger charge is 2.09. The summed E-state index contributed by atoms with van der Waals surface area (Å²) in [6, 6.07) is 7.24. The summed E-state index contributed by atoms with van der Waals surface area (Å²) < 4.78 is 0. The van der Waals surface area contributed by atoms with Gasteiger partial charge in [0.05, 0.1) is 11.9 Å². The molecule has 5 heteroatoms. The Kier molecular flexibility index (Phi) is 4.87. The largest absolute Gasteiger partial charge is 0.370 e. The van der Waals surface area contributed by atoms with E-state index in [1.54, 1.807) is 18.3 Å². The first-order chi connectivity index (χ1) is 10.1. The highest BCUT2D eigenvalue weighted by Crippen LogP contribution is 2.13. The molecule has 110 valence electrons. The van der Waals surface area contributed by atoms with Gasteiger partial charge in [0, 0.05) is 23.5 Å². The zero-order valence-corrected chi connectivity index (χ0v) is 12.6. The summed E-state index contributed by atoms with van der Waals surface area (Å²) in [5.74, 6) is 0.565. The van der Waals surface area contributed by atoms with Gasteiger partial charge >= 0.3 is 0 Å². The molecule has 0 aliphatic rings. The van der Waals surface area contributed by atoms with Gasteiger partial charge in [-0.3, -0.25) is 9.78 Å². The van der Waals surface area contributed by atoms with Crippen LogP contribution in [-0.4, -0.2) is 22.4 Å². The van der Waals surface area contributed by atoms with E-state index in [-0.39, 0.29) is 5.91 Å². The molecule has 5 nitrogen and oxygen atoms in total. The highest BCUT2D eigenvalue weighted by molar-refractivity contribution is 6.04. The lowest BCUT2D eigenvalue weighted by atomic mass is 10.2. The molecule has 1 amide bonds. The van der Waals surface area contributed by atoms with Gasteiger partial charge in [-0.25, -0.2) is 4.98 Å². The Morgan fingerprint density at radius 3 is 2.67 bits per heavy atom. The minimum atomic E-state index is -0.161. The molecular formula is C16H20N4O.